The number of nitrogens with one attached hydrogen (secondary N) is 1. The van der Waals surface area contributed by atoms with Gasteiger partial charge in [-0.1, -0.05) is 191 Å². The smallest absolute Gasteiger partial charge is 0.393 e. The molecule has 0 aromatic heterocycles. The molecule has 1 saturated carbocycles. The van der Waals surface area contributed by atoms with E-state index in [1.807, 2.05) is 0 Å². The van der Waals surface area contributed by atoms with Crippen LogP contribution in [0.3, 0.4) is 0 Å². The van der Waals surface area contributed by atoms with E-state index in [-0.39, 0.29) is 6.42 Å². The van der Waals surface area contributed by atoms with Gasteiger partial charge < -0.3 is 46.0 Å². The van der Waals surface area contributed by atoms with Crippen molar-refractivity contribution < 1.29 is 59.0 Å². The van der Waals surface area contributed by atoms with Crippen LogP contribution in [0.2, 0.25) is 0 Å². The molecule has 0 aromatic carbocycles. The molecule has 0 bridgehead atoms. The summed E-state index contributed by atoms with van der Waals surface area (Å²) in [6.07, 6.45) is 37.7. The van der Waals surface area contributed by atoms with Crippen molar-refractivity contribution in [2.75, 3.05) is 6.61 Å². The van der Waals surface area contributed by atoms with Crippen LogP contribution in [0.1, 0.15) is 219 Å². The number of aliphatic hydroxyl groups excluding tert-OH is 7. The highest BCUT2D eigenvalue weighted by Crippen LogP contribution is 2.47. The molecule has 1 fully saturated rings. The number of phosphoric acid groups is 1. The Morgan fingerprint density at radius 2 is 0.881 bits per heavy atom. The number of hydrogen-bond acceptors (Lipinski definition) is 11. The average Bonchev–Trinajstić information content (AvgIpc) is 3.30. The number of carbonyl (C=O) groups excluding carboxylic acids is 1. The molecule has 13 nitrogen and oxygen atoms in total. The minimum Gasteiger partial charge on any atom is -0.393 e. The Morgan fingerprint density at radius 1 is 0.522 bits per heavy atom. The maximum absolute atomic E-state index is 13.1. The van der Waals surface area contributed by atoms with Gasteiger partial charge in [0.05, 0.1) is 31.3 Å². The minimum absolute atomic E-state index is 0.262. The van der Waals surface area contributed by atoms with E-state index in [1.54, 1.807) is 6.08 Å². The topological polar surface area (TPSA) is 226 Å². The van der Waals surface area contributed by atoms with Crippen molar-refractivity contribution in [3.63, 3.8) is 0 Å². The summed E-state index contributed by atoms with van der Waals surface area (Å²) in [5.74, 6) is -0.611. The largest absolute Gasteiger partial charge is 0.472 e. The average molecular weight is 972 g/mol. The Bertz CT molecular complexity index is 1330. The van der Waals surface area contributed by atoms with E-state index >= 15 is 0 Å². The number of amides is 1. The molecule has 1 aliphatic rings. The van der Waals surface area contributed by atoms with E-state index in [0.717, 1.165) is 64.2 Å². The fourth-order valence-electron chi connectivity index (χ4n) is 8.27. The summed E-state index contributed by atoms with van der Waals surface area (Å²) < 4.78 is 22.9. The number of allylic oxidation sites excluding steroid dienone is 7. The summed E-state index contributed by atoms with van der Waals surface area (Å²) in [4.78, 5) is 23.5. The van der Waals surface area contributed by atoms with Gasteiger partial charge >= 0.3 is 7.82 Å². The Labute approximate surface area is 406 Å². The first-order valence-corrected chi connectivity index (χ1v) is 28.2. The molecule has 8 unspecified atom stereocenters. The molecular formula is C53H98NO12P. The summed E-state index contributed by atoms with van der Waals surface area (Å²) in [5, 5.41) is 74.7. The number of unbranched alkanes of at least 4 members (excludes halogenated alkanes) is 25. The third-order valence-corrected chi connectivity index (χ3v) is 13.6. The standard InChI is InChI=1S/C53H98NO12P/c1-3-5-7-9-11-13-15-17-19-21-22-23-25-26-28-30-32-34-36-38-40-44(55)42-47(57)54-45(43-65-67(63,64)66-53-51(61)49(59)48(58)50(60)52(53)62)46(56)41-39-37-35-33-31-29-27-24-20-18-16-14-12-10-8-6-4-2/h20,24-26,31,33,39,41,44-46,48-53,55-56,58-62H,3-19,21-23,27-30,32,34-38,40,42-43H2,1-2H3,(H,54,57)(H,63,64)/b24-20+,26-25-,33-31+,41-39+. The van der Waals surface area contributed by atoms with Gasteiger partial charge in [-0.25, -0.2) is 4.57 Å². The molecule has 0 radical (unpaired) electrons. The van der Waals surface area contributed by atoms with Crippen molar-refractivity contribution in [2.24, 2.45) is 0 Å². The van der Waals surface area contributed by atoms with Gasteiger partial charge in [0.15, 0.2) is 0 Å². The highest BCUT2D eigenvalue weighted by Gasteiger charge is 2.51. The number of carbonyl (C=O) groups is 1. The van der Waals surface area contributed by atoms with Crippen molar-refractivity contribution >= 4 is 13.7 Å². The second-order valence-electron chi connectivity index (χ2n) is 18.9. The van der Waals surface area contributed by atoms with Crippen molar-refractivity contribution in [3.05, 3.63) is 48.6 Å². The van der Waals surface area contributed by atoms with E-state index < -0.39 is 75.2 Å². The Balaban J connectivity index is 2.50. The fraction of sp³-hybridized carbons (Fsp3) is 0.830. The molecule has 1 amide bonds. The zero-order valence-electron chi connectivity index (χ0n) is 41.8. The van der Waals surface area contributed by atoms with Crippen LogP contribution >= 0.6 is 7.82 Å². The highest BCUT2D eigenvalue weighted by atomic mass is 31.2. The molecular weight excluding hydrogens is 874 g/mol. The maximum Gasteiger partial charge on any atom is 0.472 e. The van der Waals surface area contributed by atoms with E-state index in [9.17, 15) is 50.0 Å². The van der Waals surface area contributed by atoms with Crippen molar-refractivity contribution in [1.29, 1.82) is 0 Å². The maximum atomic E-state index is 13.1. The molecule has 9 N–H and O–H groups in total. The lowest BCUT2D eigenvalue weighted by Gasteiger charge is -2.41. The zero-order chi connectivity index (χ0) is 49.4. The van der Waals surface area contributed by atoms with Crippen LogP contribution in [0.5, 0.6) is 0 Å². The van der Waals surface area contributed by atoms with E-state index in [1.165, 1.54) is 122 Å². The van der Waals surface area contributed by atoms with Gasteiger partial charge in [0.1, 0.15) is 36.6 Å². The van der Waals surface area contributed by atoms with Gasteiger partial charge in [0, 0.05) is 0 Å². The van der Waals surface area contributed by atoms with Gasteiger partial charge in [-0.2, -0.15) is 0 Å². The van der Waals surface area contributed by atoms with Crippen LogP contribution in [0.15, 0.2) is 48.6 Å². The van der Waals surface area contributed by atoms with E-state index in [0.29, 0.717) is 19.3 Å². The SMILES string of the molecule is CCCCCCCCC/C=C/CC/C=C/CC/C=C/C(O)C(COP(=O)(O)OC1C(O)C(O)C(O)C(O)C1O)NC(=O)CC(O)CCCCCCC/C=C\CCCCCCCCCCCCC. The third kappa shape index (κ3) is 33.5. The van der Waals surface area contributed by atoms with Crippen LogP contribution in [0.4, 0.5) is 0 Å². The fourth-order valence-corrected chi connectivity index (χ4v) is 9.23. The van der Waals surface area contributed by atoms with Crippen molar-refractivity contribution in [3.8, 4) is 0 Å². The highest BCUT2D eigenvalue weighted by molar-refractivity contribution is 7.47. The molecule has 0 aromatic rings. The molecule has 1 rings (SSSR count). The normalized spacial score (nSPS) is 22.6. The first-order chi connectivity index (χ1) is 32.3. The van der Waals surface area contributed by atoms with Gasteiger partial charge in [-0.15, -0.1) is 0 Å². The first-order valence-electron chi connectivity index (χ1n) is 26.7. The lowest BCUT2D eigenvalue weighted by molar-refractivity contribution is -0.220. The summed E-state index contributed by atoms with van der Waals surface area (Å²) in [6, 6.07) is -1.27. The van der Waals surface area contributed by atoms with E-state index in [2.05, 4.69) is 55.6 Å². The Morgan fingerprint density at radius 3 is 1.31 bits per heavy atom. The van der Waals surface area contributed by atoms with Gasteiger partial charge in [0.2, 0.25) is 5.91 Å². The van der Waals surface area contributed by atoms with Gasteiger partial charge in [-0.3, -0.25) is 13.8 Å². The molecule has 8 atom stereocenters. The number of hydrogen-bond donors (Lipinski definition) is 9. The molecule has 67 heavy (non-hydrogen) atoms. The number of aliphatic hydroxyl groups is 7. The molecule has 392 valence electrons. The second kappa shape index (κ2) is 42.0. The van der Waals surface area contributed by atoms with Crippen LogP contribution in [-0.4, -0.2) is 108 Å². The molecule has 1 aliphatic carbocycles. The van der Waals surface area contributed by atoms with Crippen LogP contribution in [0, 0.1) is 0 Å². The van der Waals surface area contributed by atoms with Crippen molar-refractivity contribution in [2.45, 2.75) is 274 Å². The quantitative estimate of drug-likeness (QED) is 0.0158. The molecule has 0 heterocycles. The van der Waals surface area contributed by atoms with Crippen LogP contribution in [-0.2, 0) is 18.4 Å². The summed E-state index contributed by atoms with van der Waals surface area (Å²) in [5.41, 5.74) is 0. The lowest BCUT2D eigenvalue weighted by atomic mass is 9.85. The monoisotopic (exact) mass is 972 g/mol. The second-order valence-corrected chi connectivity index (χ2v) is 20.3. The summed E-state index contributed by atoms with van der Waals surface area (Å²) in [7, 11) is -5.16. The predicted molar refractivity (Wildman–Crippen MR) is 270 cm³/mol. The lowest BCUT2D eigenvalue weighted by Crippen LogP contribution is -2.64. The first kappa shape index (κ1) is 63.3. The summed E-state index contributed by atoms with van der Waals surface area (Å²) >= 11 is 0. The molecule has 14 heteroatoms. The van der Waals surface area contributed by atoms with Gasteiger partial charge in [0.25, 0.3) is 0 Å². The van der Waals surface area contributed by atoms with Crippen LogP contribution in [0.25, 0.3) is 0 Å². The van der Waals surface area contributed by atoms with E-state index in [4.69, 9.17) is 9.05 Å². The molecule has 0 spiro atoms. The predicted octanol–water partition coefficient (Wildman–Crippen LogP) is 10.3. The molecule has 0 aliphatic heterocycles. The molecule has 0 saturated heterocycles. The Hall–Kier alpha value is -1.74. The minimum atomic E-state index is -5.16. The van der Waals surface area contributed by atoms with Crippen molar-refractivity contribution in [1.82, 2.24) is 5.32 Å². The number of phosphoric ester groups is 1. The number of rotatable bonds is 44. The van der Waals surface area contributed by atoms with Gasteiger partial charge in [-0.05, 0) is 70.6 Å². The zero-order valence-corrected chi connectivity index (χ0v) is 42.7. The Kier molecular flexibility index (Phi) is 39.7. The summed E-state index contributed by atoms with van der Waals surface area (Å²) in [6.45, 7) is 3.74. The third-order valence-electron chi connectivity index (χ3n) is 12.6. The van der Waals surface area contributed by atoms with Crippen LogP contribution < -0.4 is 5.32 Å².